The van der Waals surface area contributed by atoms with Gasteiger partial charge in [0, 0.05) is 5.56 Å². The highest BCUT2D eigenvalue weighted by atomic mass is 16.6. The fourth-order valence-corrected chi connectivity index (χ4v) is 6.92. The van der Waals surface area contributed by atoms with Crippen LogP contribution in [0, 0.1) is 11.8 Å². The second kappa shape index (κ2) is 9.53. The van der Waals surface area contributed by atoms with E-state index in [-0.39, 0.29) is 24.0 Å². The third kappa shape index (κ3) is 4.04. The molecular formula is C27H30O12. The van der Waals surface area contributed by atoms with Crippen LogP contribution in [0.5, 0.6) is 11.5 Å². The Kier molecular flexibility index (Phi) is 6.58. The number of aliphatic hydroxyl groups is 2. The minimum atomic E-state index is -2.08. The molecule has 0 amide bonds. The fourth-order valence-electron chi connectivity index (χ4n) is 6.92. The predicted octanol–water partition coefficient (Wildman–Crippen LogP) is 1.08. The van der Waals surface area contributed by atoms with Crippen molar-refractivity contribution in [3.8, 4) is 11.5 Å². The van der Waals surface area contributed by atoms with Crippen LogP contribution in [-0.2, 0) is 40.5 Å². The Bertz CT molecular complexity index is 1270. The molecule has 210 valence electrons. The molecule has 5 rings (SSSR count). The van der Waals surface area contributed by atoms with Gasteiger partial charge in [-0.25, -0.2) is 9.59 Å². The van der Waals surface area contributed by atoms with Gasteiger partial charge in [0.05, 0.1) is 31.0 Å². The SMILES string of the molecule is COc1ccc2c3c1O[C@H]1C(OC(=O)C[C@H](OC(=O)C[C@H](O)C(=O)O)C(=O)O)=CC[C@@]4(O)[C@@H](C2)C(C)CC[C@]314. The maximum Gasteiger partial charge on any atom is 0.345 e. The van der Waals surface area contributed by atoms with Gasteiger partial charge in [-0.1, -0.05) is 13.0 Å². The van der Waals surface area contributed by atoms with E-state index in [0.717, 1.165) is 17.5 Å². The summed E-state index contributed by atoms with van der Waals surface area (Å²) in [6, 6.07) is 3.79. The third-order valence-corrected chi connectivity index (χ3v) is 8.71. The zero-order valence-electron chi connectivity index (χ0n) is 21.4. The van der Waals surface area contributed by atoms with E-state index in [4.69, 9.17) is 24.1 Å². The number of aliphatic carboxylic acids is 2. The summed E-state index contributed by atoms with van der Waals surface area (Å²) < 4.78 is 22.3. The van der Waals surface area contributed by atoms with Crippen LogP contribution in [0.1, 0.15) is 50.2 Å². The number of ether oxygens (including phenoxy) is 4. The van der Waals surface area contributed by atoms with Gasteiger partial charge in [0.15, 0.2) is 23.7 Å². The number of carboxylic acid groups (broad SMARTS) is 2. The van der Waals surface area contributed by atoms with E-state index in [9.17, 15) is 34.5 Å². The molecule has 1 aliphatic heterocycles. The lowest BCUT2D eigenvalue weighted by molar-refractivity contribution is -0.175. The molecule has 4 N–H and O–H groups in total. The van der Waals surface area contributed by atoms with Crippen molar-refractivity contribution in [2.24, 2.45) is 11.8 Å². The number of carboxylic acids is 2. The van der Waals surface area contributed by atoms with Crippen molar-refractivity contribution in [1.29, 1.82) is 0 Å². The number of esters is 2. The van der Waals surface area contributed by atoms with Crippen LogP contribution in [0.15, 0.2) is 24.0 Å². The molecule has 0 saturated heterocycles. The smallest absolute Gasteiger partial charge is 0.345 e. The van der Waals surface area contributed by atoms with Crippen molar-refractivity contribution in [2.45, 2.75) is 74.8 Å². The van der Waals surface area contributed by atoms with Crippen LogP contribution in [0.25, 0.3) is 0 Å². The lowest BCUT2D eigenvalue weighted by atomic mass is 9.45. The molecule has 1 aromatic carbocycles. The van der Waals surface area contributed by atoms with Crippen LogP contribution in [-0.4, -0.2) is 75.3 Å². The molecule has 1 fully saturated rings. The summed E-state index contributed by atoms with van der Waals surface area (Å²) in [7, 11) is 1.52. The monoisotopic (exact) mass is 546 g/mol. The molecule has 1 heterocycles. The number of methoxy groups -OCH3 is 1. The molecule has 1 saturated carbocycles. The molecule has 1 unspecified atom stereocenters. The van der Waals surface area contributed by atoms with Crippen molar-refractivity contribution in [3.63, 3.8) is 0 Å². The number of rotatable bonds is 9. The van der Waals surface area contributed by atoms with Crippen molar-refractivity contribution in [1.82, 2.24) is 0 Å². The van der Waals surface area contributed by atoms with Gasteiger partial charge in [-0.15, -0.1) is 0 Å². The zero-order valence-corrected chi connectivity index (χ0v) is 21.4. The summed E-state index contributed by atoms with van der Waals surface area (Å²) in [5.74, 6) is -4.34. The Morgan fingerprint density at radius 3 is 2.54 bits per heavy atom. The number of hydrogen-bond donors (Lipinski definition) is 4. The van der Waals surface area contributed by atoms with Crippen LogP contribution in [0.4, 0.5) is 0 Å². The minimum Gasteiger partial charge on any atom is -0.493 e. The molecule has 12 nitrogen and oxygen atoms in total. The van der Waals surface area contributed by atoms with Crippen molar-refractivity contribution in [3.05, 3.63) is 35.1 Å². The molecule has 12 heteroatoms. The Balaban J connectivity index is 1.40. The molecule has 1 spiro atoms. The second-order valence-electron chi connectivity index (χ2n) is 10.7. The first-order valence-electron chi connectivity index (χ1n) is 12.8. The first-order chi connectivity index (χ1) is 18.4. The van der Waals surface area contributed by atoms with Crippen LogP contribution < -0.4 is 9.47 Å². The quantitative estimate of drug-likeness (QED) is 0.323. The second-order valence-corrected chi connectivity index (χ2v) is 10.7. The molecule has 0 aromatic heterocycles. The van der Waals surface area contributed by atoms with Gasteiger partial charge in [-0.05, 0) is 55.2 Å². The van der Waals surface area contributed by atoms with E-state index in [0.29, 0.717) is 24.3 Å². The van der Waals surface area contributed by atoms with E-state index in [1.54, 1.807) is 6.08 Å². The summed E-state index contributed by atoms with van der Waals surface area (Å²) >= 11 is 0. The minimum absolute atomic E-state index is 0.0466. The zero-order chi connectivity index (χ0) is 28.3. The Morgan fingerprint density at radius 1 is 1.13 bits per heavy atom. The average Bonchev–Trinajstić information content (AvgIpc) is 3.23. The molecule has 1 aromatic rings. The normalized spacial score (nSPS) is 31.1. The summed E-state index contributed by atoms with van der Waals surface area (Å²) in [4.78, 5) is 47.2. The summed E-state index contributed by atoms with van der Waals surface area (Å²) in [5.41, 5.74) is -0.144. The summed E-state index contributed by atoms with van der Waals surface area (Å²) in [6.45, 7) is 2.12. The van der Waals surface area contributed by atoms with E-state index >= 15 is 0 Å². The fraction of sp³-hybridized carbons (Fsp3) is 0.556. The highest BCUT2D eigenvalue weighted by Crippen LogP contribution is 2.68. The Morgan fingerprint density at radius 2 is 1.87 bits per heavy atom. The largest absolute Gasteiger partial charge is 0.493 e. The Labute approximate surface area is 223 Å². The first-order valence-corrected chi connectivity index (χ1v) is 12.8. The molecular weight excluding hydrogens is 516 g/mol. The van der Waals surface area contributed by atoms with Crippen LogP contribution in [0.3, 0.4) is 0 Å². The van der Waals surface area contributed by atoms with Gasteiger partial charge in [0.1, 0.15) is 5.76 Å². The number of benzene rings is 1. The van der Waals surface area contributed by atoms with Crippen molar-refractivity contribution >= 4 is 23.9 Å². The summed E-state index contributed by atoms with van der Waals surface area (Å²) in [5, 5.41) is 39.7. The van der Waals surface area contributed by atoms with E-state index in [1.165, 1.54) is 7.11 Å². The van der Waals surface area contributed by atoms with Gasteiger partial charge < -0.3 is 39.4 Å². The summed E-state index contributed by atoms with van der Waals surface area (Å²) in [6.07, 6.45) is -2.89. The van der Waals surface area contributed by atoms with Crippen LogP contribution >= 0.6 is 0 Å². The molecule has 3 aliphatic carbocycles. The maximum absolute atomic E-state index is 12.9. The van der Waals surface area contributed by atoms with Gasteiger partial charge in [0.2, 0.25) is 6.10 Å². The molecule has 39 heavy (non-hydrogen) atoms. The molecule has 0 radical (unpaired) electrons. The van der Waals surface area contributed by atoms with Gasteiger partial charge >= 0.3 is 23.9 Å². The maximum atomic E-state index is 12.9. The van der Waals surface area contributed by atoms with Gasteiger partial charge in [-0.2, -0.15) is 0 Å². The van der Waals surface area contributed by atoms with E-state index in [1.807, 2.05) is 12.1 Å². The van der Waals surface area contributed by atoms with Crippen LogP contribution in [0.2, 0.25) is 0 Å². The average molecular weight is 547 g/mol. The number of carbonyl (C=O) groups is 4. The standard InChI is InChI=1S/C27H30O12/c1-12-5-7-26-21-13-3-4-16(36-2)22(21)39-23(26)17(6-8-27(26,35)14(12)9-13)37-20(30)11-18(25(33)34)38-19(29)10-15(28)24(31)32/h3-4,6,12,14-15,18,23,28,35H,5,7-11H2,1-2H3,(H,31,32)(H,33,34)/t12?,14-,15-,18-,23-,26-,27+/m0/s1. The molecule has 2 bridgehead atoms. The van der Waals surface area contributed by atoms with Crippen molar-refractivity contribution in [2.75, 3.05) is 7.11 Å². The van der Waals surface area contributed by atoms with Crippen molar-refractivity contribution < 1.29 is 58.6 Å². The third-order valence-electron chi connectivity index (χ3n) is 8.71. The van der Waals surface area contributed by atoms with Gasteiger partial charge in [0.25, 0.3) is 0 Å². The number of hydrogen-bond acceptors (Lipinski definition) is 10. The number of aliphatic hydroxyl groups excluding tert-OH is 1. The highest BCUT2D eigenvalue weighted by molar-refractivity contribution is 5.85. The highest BCUT2D eigenvalue weighted by Gasteiger charge is 2.72. The van der Waals surface area contributed by atoms with E-state index < -0.39 is 66.0 Å². The molecule has 4 aliphatic rings. The number of carbonyl (C=O) groups excluding carboxylic acids is 2. The Hall–Kier alpha value is -3.64. The topological polar surface area (TPSA) is 186 Å². The first kappa shape index (κ1) is 26.9. The van der Waals surface area contributed by atoms with Gasteiger partial charge in [-0.3, -0.25) is 9.59 Å². The lowest BCUT2D eigenvalue weighted by Gasteiger charge is -2.61. The predicted molar refractivity (Wildman–Crippen MR) is 129 cm³/mol. The van der Waals surface area contributed by atoms with E-state index in [2.05, 4.69) is 6.92 Å². The molecule has 7 atom stereocenters. The lowest BCUT2D eigenvalue weighted by Crippen LogP contribution is -2.69.